The number of methoxy groups -OCH3 is 1. The first-order chi connectivity index (χ1) is 11.2. The summed E-state index contributed by atoms with van der Waals surface area (Å²) in [6.07, 6.45) is 4.58. The fourth-order valence-corrected chi connectivity index (χ4v) is 3.74. The Hall–Kier alpha value is -1.63. The zero-order valence-corrected chi connectivity index (χ0v) is 14.1. The summed E-state index contributed by atoms with van der Waals surface area (Å²) in [5, 5.41) is 4.11. The van der Waals surface area contributed by atoms with E-state index in [0.29, 0.717) is 31.4 Å². The molecule has 128 valence electrons. The topological polar surface area (TPSA) is 71.7 Å². The van der Waals surface area contributed by atoms with Gasteiger partial charge < -0.3 is 19.1 Å². The van der Waals surface area contributed by atoms with Crippen LogP contribution < -0.4 is 4.90 Å². The number of amides is 1. The smallest absolute Gasteiger partial charge is 0.266 e. The van der Waals surface area contributed by atoms with E-state index in [1.54, 1.807) is 7.11 Å². The van der Waals surface area contributed by atoms with Crippen molar-refractivity contribution in [3.05, 3.63) is 5.89 Å². The Balaban J connectivity index is 1.69. The van der Waals surface area contributed by atoms with Gasteiger partial charge in [-0.05, 0) is 24.4 Å². The molecule has 0 radical (unpaired) electrons. The van der Waals surface area contributed by atoms with E-state index in [4.69, 9.17) is 9.26 Å². The number of hydrogen-bond donors (Lipinski definition) is 0. The minimum atomic E-state index is 0.146. The maximum Gasteiger partial charge on any atom is 0.266 e. The summed E-state index contributed by atoms with van der Waals surface area (Å²) in [5.41, 5.74) is 0.146. The van der Waals surface area contributed by atoms with Crippen LogP contribution in [0, 0.1) is 5.41 Å². The minimum Gasteiger partial charge on any atom is -0.383 e. The van der Waals surface area contributed by atoms with Gasteiger partial charge in [0.2, 0.25) is 11.8 Å². The van der Waals surface area contributed by atoms with Gasteiger partial charge in [0, 0.05) is 51.5 Å². The van der Waals surface area contributed by atoms with Gasteiger partial charge in [-0.3, -0.25) is 4.79 Å². The Morgan fingerprint density at radius 1 is 1.35 bits per heavy atom. The fraction of sp³-hybridized carbons (Fsp3) is 0.812. The van der Waals surface area contributed by atoms with E-state index in [9.17, 15) is 4.79 Å². The largest absolute Gasteiger partial charge is 0.383 e. The monoisotopic (exact) mass is 322 g/mol. The molecule has 23 heavy (non-hydrogen) atoms. The third-order valence-corrected chi connectivity index (χ3v) is 5.02. The Morgan fingerprint density at radius 3 is 2.96 bits per heavy atom. The zero-order chi connectivity index (χ0) is 16.3. The van der Waals surface area contributed by atoms with E-state index in [2.05, 4.69) is 15.0 Å². The highest BCUT2D eigenvalue weighted by Crippen LogP contribution is 2.39. The van der Waals surface area contributed by atoms with Gasteiger partial charge in [0.05, 0.1) is 6.61 Å². The van der Waals surface area contributed by atoms with Gasteiger partial charge in [-0.1, -0.05) is 6.92 Å². The van der Waals surface area contributed by atoms with Crippen LogP contribution in [-0.2, 0) is 16.0 Å². The molecule has 1 atom stereocenters. The highest BCUT2D eigenvalue weighted by atomic mass is 16.5. The summed E-state index contributed by atoms with van der Waals surface area (Å²) in [5.74, 6) is 1.62. The predicted molar refractivity (Wildman–Crippen MR) is 85.2 cm³/mol. The number of nitrogens with zero attached hydrogens (tertiary/aromatic N) is 4. The third kappa shape index (κ3) is 3.49. The minimum absolute atomic E-state index is 0.146. The van der Waals surface area contributed by atoms with E-state index < -0.39 is 0 Å². The van der Waals surface area contributed by atoms with Gasteiger partial charge in [-0.25, -0.2) is 0 Å². The molecule has 3 rings (SSSR count). The molecule has 0 saturated carbocycles. The fourth-order valence-electron chi connectivity index (χ4n) is 3.74. The third-order valence-electron chi connectivity index (χ3n) is 5.02. The molecule has 1 amide bonds. The molecular formula is C16H26N4O3. The van der Waals surface area contributed by atoms with Crippen molar-refractivity contribution in [3.63, 3.8) is 0 Å². The van der Waals surface area contributed by atoms with Crippen molar-refractivity contribution in [1.29, 1.82) is 0 Å². The van der Waals surface area contributed by atoms with Gasteiger partial charge >= 0.3 is 0 Å². The molecule has 2 fully saturated rings. The summed E-state index contributed by atoms with van der Waals surface area (Å²) in [6.45, 7) is 5.94. The molecule has 7 nitrogen and oxygen atoms in total. The molecule has 2 saturated heterocycles. The van der Waals surface area contributed by atoms with Gasteiger partial charge in [-0.15, -0.1) is 0 Å². The molecule has 0 aromatic carbocycles. The van der Waals surface area contributed by atoms with Crippen LogP contribution in [0.5, 0.6) is 0 Å². The highest BCUT2D eigenvalue weighted by molar-refractivity contribution is 5.77. The first kappa shape index (κ1) is 16.2. The quantitative estimate of drug-likeness (QED) is 0.818. The average molecular weight is 322 g/mol. The molecule has 1 aromatic heterocycles. The number of ether oxygens (including phenoxy) is 1. The Morgan fingerprint density at radius 2 is 2.22 bits per heavy atom. The molecule has 3 heterocycles. The van der Waals surface area contributed by atoms with Gasteiger partial charge in [-0.2, -0.15) is 4.98 Å². The first-order valence-electron chi connectivity index (χ1n) is 8.50. The maximum atomic E-state index is 12.1. The molecule has 0 N–H and O–H groups in total. The zero-order valence-electron chi connectivity index (χ0n) is 14.1. The van der Waals surface area contributed by atoms with E-state index in [-0.39, 0.29) is 11.3 Å². The lowest BCUT2D eigenvalue weighted by molar-refractivity contribution is -0.138. The molecule has 0 aliphatic carbocycles. The van der Waals surface area contributed by atoms with E-state index >= 15 is 0 Å². The molecular weight excluding hydrogens is 296 g/mol. The van der Waals surface area contributed by atoms with Gasteiger partial charge in [0.25, 0.3) is 5.95 Å². The number of hydrogen-bond acceptors (Lipinski definition) is 6. The van der Waals surface area contributed by atoms with Crippen LogP contribution in [-0.4, -0.2) is 60.8 Å². The summed E-state index contributed by atoms with van der Waals surface area (Å²) in [6, 6.07) is 0. The standard InChI is InChI=1S/C16H26N4O3/c1-3-13-17-15(18-23-13)20-8-4-6-16(12-20)7-5-14(21)19(11-16)9-10-22-2/h3-12H2,1-2H3. The molecule has 0 bridgehead atoms. The second-order valence-electron chi connectivity index (χ2n) is 6.67. The predicted octanol–water partition coefficient (Wildman–Crippen LogP) is 1.49. The van der Waals surface area contributed by atoms with Crippen molar-refractivity contribution < 1.29 is 14.1 Å². The van der Waals surface area contributed by atoms with Crippen LogP contribution >= 0.6 is 0 Å². The van der Waals surface area contributed by atoms with Crippen LogP contribution in [0.15, 0.2) is 4.52 Å². The number of piperidine rings is 2. The van der Waals surface area contributed by atoms with Crippen LogP contribution in [0.2, 0.25) is 0 Å². The van der Waals surface area contributed by atoms with Crippen LogP contribution in [0.25, 0.3) is 0 Å². The number of aryl methyl sites for hydroxylation is 1. The maximum absolute atomic E-state index is 12.1. The van der Waals surface area contributed by atoms with Crippen molar-refractivity contribution >= 4 is 11.9 Å². The van der Waals surface area contributed by atoms with Crippen LogP contribution in [0.1, 0.15) is 38.5 Å². The molecule has 1 unspecified atom stereocenters. The van der Waals surface area contributed by atoms with Crippen molar-refractivity contribution in [2.75, 3.05) is 44.8 Å². The Bertz CT molecular complexity index is 547. The van der Waals surface area contributed by atoms with E-state index in [0.717, 1.165) is 45.3 Å². The summed E-state index contributed by atoms with van der Waals surface area (Å²) < 4.78 is 10.4. The molecule has 1 spiro atoms. The highest BCUT2D eigenvalue weighted by Gasteiger charge is 2.42. The summed E-state index contributed by atoms with van der Waals surface area (Å²) >= 11 is 0. The number of likely N-dealkylation sites (tertiary alicyclic amines) is 1. The number of carbonyl (C=O) groups is 1. The summed E-state index contributed by atoms with van der Waals surface area (Å²) in [4.78, 5) is 20.8. The SMILES string of the molecule is CCc1nc(N2CCCC3(CCC(=O)N(CCOC)C3)C2)no1. The molecule has 2 aliphatic rings. The molecule has 7 heteroatoms. The average Bonchev–Trinajstić information content (AvgIpc) is 3.05. The van der Waals surface area contributed by atoms with Crippen molar-refractivity contribution in [2.24, 2.45) is 5.41 Å². The lowest BCUT2D eigenvalue weighted by Gasteiger charge is -2.47. The second kappa shape index (κ2) is 6.86. The first-order valence-corrected chi connectivity index (χ1v) is 8.50. The lowest BCUT2D eigenvalue weighted by atomic mass is 9.73. The van der Waals surface area contributed by atoms with Crippen molar-refractivity contribution in [1.82, 2.24) is 15.0 Å². The van der Waals surface area contributed by atoms with Crippen molar-refractivity contribution in [3.8, 4) is 0 Å². The van der Waals surface area contributed by atoms with Gasteiger partial charge in [0.1, 0.15) is 0 Å². The second-order valence-corrected chi connectivity index (χ2v) is 6.67. The van der Waals surface area contributed by atoms with Crippen molar-refractivity contribution in [2.45, 2.75) is 39.0 Å². The van der Waals surface area contributed by atoms with Gasteiger partial charge in [0.15, 0.2) is 0 Å². The normalized spacial score (nSPS) is 25.4. The number of carbonyl (C=O) groups excluding carboxylic acids is 1. The number of aromatic nitrogens is 2. The van der Waals surface area contributed by atoms with Crippen LogP contribution in [0.4, 0.5) is 5.95 Å². The van der Waals surface area contributed by atoms with E-state index in [1.807, 2.05) is 11.8 Å². The Labute approximate surface area is 137 Å². The molecule has 1 aromatic rings. The summed E-state index contributed by atoms with van der Waals surface area (Å²) in [7, 11) is 1.67. The molecule has 2 aliphatic heterocycles. The lowest BCUT2D eigenvalue weighted by Crippen LogP contribution is -2.54. The van der Waals surface area contributed by atoms with E-state index in [1.165, 1.54) is 0 Å². The number of rotatable bonds is 5. The number of anilines is 1. The Kier molecular flexibility index (Phi) is 4.84. The van der Waals surface area contributed by atoms with Crippen LogP contribution in [0.3, 0.4) is 0 Å².